The Morgan fingerprint density at radius 3 is 2.76 bits per heavy atom. The van der Waals surface area contributed by atoms with Gasteiger partial charge in [0, 0.05) is 18.5 Å². The van der Waals surface area contributed by atoms with Gasteiger partial charge in [0.2, 0.25) is 5.89 Å². The van der Waals surface area contributed by atoms with Gasteiger partial charge in [0.25, 0.3) is 5.82 Å². The van der Waals surface area contributed by atoms with Gasteiger partial charge in [0.1, 0.15) is 0 Å². The zero-order valence-corrected chi connectivity index (χ0v) is 10.7. The Kier molecular flexibility index (Phi) is 4.62. The Labute approximate surface area is 101 Å². The van der Waals surface area contributed by atoms with Crippen LogP contribution in [-0.2, 0) is 11.2 Å². The van der Waals surface area contributed by atoms with Gasteiger partial charge in [-0.2, -0.15) is 4.98 Å². The lowest BCUT2D eigenvalue weighted by molar-refractivity contribution is 0.0508. The topological polar surface area (TPSA) is 77.2 Å². The second-order valence-electron chi connectivity index (χ2n) is 4.66. The highest BCUT2D eigenvalue weighted by atomic mass is 16.5. The highest BCUT2D eigenvalue weighted by Gasteiger charge is 2.16. The summed E-state index contributed by atoms with van der Waals surface area (Å²) in [5.41, 5.74) is 0.0456. The van der Waals surface area contributed by atoms with Crippen LogP contribution < -0.4 is 5.32 Å². The number of ether oxygens (including phenoxy) is 1. The lowest BCUT2D eigenvalue weighted by Crippen LogP contribution is -2.37. The van der Waals surface area contributed by atoms with Crippen molar-refractivity contribution >= 4 is 5.97 Å². The third-order valence-electron chi connectivity index (χ3n) is 1.92. The molecule has 1 rings (SSSR count). The number of hydrogen-bond acceptors (Lipinski definition) is 6. The number of carbonyl (C=O) groups excluding carboxylic acids is 1. The van der Waals surface area contributed by atoms with Crippen LogP contribution in [0.1, 0.15) is 44.2 Å². The van der Waals surface area contributed by atoms with Crippen LogP contribution in [0, 0.1) is 0 Å². The number of rotatable bonds is 5. The van der Waals surface area contributed by atoms with Crippen LogP contribution in [0.2, 0.25) is 0 Å². The number of nitrogens with zero attached hydrogens (tertiary/aromatic N) is 2. The quantitative estimate of drug-likeness (QED) is 0.780. The molecule has 96 valence electrons. The van der Waals surface area contributed by atoms with E-state index in [0.29, 0.717) is 25.5 Å². The zero-order chi connectivity index (χ0) is 12.9. The Morgan fingerprint density at radius 2 is 2.18 bits per heavy atom. The summed E-state index contributed by atoms with van der Waals surface area (Å²) in [6.45, 7) is 8.97. The lowest BCUT2D eigenvalue weighted by Gasteiger charge is -2.19. The number of hydrogen-bond donors (Lipinski definition) is 1. The normalized spacial score (nSPS) is 11.5. The summed E-state index contributed by atoms with van der Waals surface area (Å²) in [5, 5.41) is 6.85. The molecule has 0 saturated carbocycles. The average Bonchev–Trinajstić information content (AvgIpc) is 2.65. The standard InChI is InChI=1S/C11H19N3O3/c1-5-16-10(15)9-13-8(17-14-9)6-7-12-11(2,3)4/h12H,5-7H2,1-4H3. The van der Waals surface area contributed by atoms with Gasteiger partial charge in [0.15, 0.2) is 0 Å². The van der Waals surface area contributed by atoms with Gasteiger partial charge < -0.3 is 14.6 Å². The molecule has 0 bridgehead atoms. The molecule has 0 aliphatic rings. The molecule has 0 unspecified atom stereocenters. The summed E-state index contributed by atoms with van der Waals surface area (Å²) in [6, 6.07) is 0. The molecule has 0 fully saturated rings. The molecule has 1 aromatic heterocycles. The monoisotopic (exact) mass is 241 g/mol. The minimum Gasteiger partial charge on any atom is -0.460 e. The maximum atomic E-state index is 11.3. The Morgan fingerprint density at radius 1 is 1.47 bits per heavy atom. The molecule has 0 aliphatic heterocycles. The van der Waals surface area contributed by atoms with E-state index in [0.717, 1.165) is 0 Å². The highest BCUT2D eigenvalue weighted by molar-refractivity contribution is 5.84. The van der Waals surface area contributed by atoms with Gasteiger partial charge in [-0.25, -0.2) is 4.79 Å². The average molecular weight is 241 g/mol. The van der Waals surface area contributed by atoms with E-state index in [1.807, 2.05) is 0 Å². The van der Waals surface area contributed by atoms with E-state index < -0.39 is 5.97 Å². The molecule has 0 spiro atoms. The summed E-state index contributed by atoms with van der Waals surface area (Å²) in [7, 11) is 0. The van der Waals surface area contributed by atoms with Gasteiger partial charge in [-0.15, -0.1) is 0 Å². The van der Waals surface area contributed by atoms with E-state index in [1.165, 1.54) is 0 Å². The molecule has 6 heteroatoms. The van der Waals surface area contributed by atoms with E-state index in [4.69, 9.17) is 9.26 Å². The van der Waals surface area contributed by atoms with Gasteiger partial charge in [-0.05, 0) is 32.9 Å². The van der Waals surface area contributed by atoms with Crippen LogP contribution in [0.25, 0.3) is 0 Å². The van der Waals surface area contributed by atoms with Crippen molar-refractivity contribution in [3.8, 4) is 0 Å². The predicted octanol–water partition coefficient (Wildman–Crippen LogP) is 1.18. The molecular weight excluding hydrogens is 222 g/mol. The predicted molar refractivity (Wildman–Crippen MR) is 61.7 cm³/mol. The number of aromatic nitrogens is 2. The summed E-state index contributed by atoms with van der Waals surface area (Å²) in [5.74, 6) is -0.131. The molecule has 0 saturated heterocycles. The lowest BCUT2D eigenvalue weighted by atomic mass is 10.1. The van der Waals surface area contributed by atoms with Crippen LogP contribution in [0.3, 0.4) is 0 Å². The molecular formula is C11H19N3O3. The van der Waals surface area contributed by atoms with Crippen molar-refractivity contribution < 1.29 is 14.1 Å². The first-order valence-corrected chi connectivity index (χ1v) is 5.67. The molecule has 1 aromatic rings. The van der Waals surface area contributed by atoms with Crippen molar-refractivity contribution in [2.24, 2.45) is 0 Å². The molecule has 1 heterocycles. The Bertz CT molecular complexity index is 368. The van der Waals surface area contributed by atoms with Gasteiger partial charge in [-0.3, -0.25) is 0 Å². The number of carbonyl (C=O) groups is 1. The fraction of sp³-hybridized carbons (Fsp3) is 0.727. The van der Waals surface area contributed by atoms with Crippen molar-refractivity contribution in [2.45, 2.75) is 39.7 Å². The van der Waals surface area contributed by atoms with Crippen molar-refractivity contribution in [3.05, 3.63) is 11.7 Å². The van der Waals surface area contributed by atoms with Crippen molar-refractivity contribution in [1.29, 1.82) is 0 Å². The SMILES string of the molecule is CCOC(=O)c1noc(CCNC(C)(C)C)n1. The zero-order valence-electron chi connectivity index (χ0n) is 10.7. The molecule has 1 N–H and O–H groups in total. The summed E-state index contributed by atoms with van der Waals surface area (Å²) >= 11 is 0. The molecule has 17 heavy (non-hydrogen) atoms. The van der Waals surface area contributed by atoms with E-state index in [9.17, 15) is 4.79 Å². The Hall–Kier alpha value is -1.43. The fourth-order valence-corrected chi connectivity index (χ4v) is 1.18. The molecule has 0 amide bonds. The van der Waals surface area contributed by atoms with E-state index in [1.54, 1.807) is 6.92 Å². The summed E-state index contributed by atoms with van der Waals surface area (Å²) in [6.07, 6.45) is 0.587. The first kappa shape index (κ1) is 13.6. The van der Waals surface area contributed by atoms with Crippen LogP contribution in [-0.4, -0.2) is 34.8 Å². The third kappa shape index (κ3) is 4.95. The smallest absolute Gasteiger partial charge is 0.379 e. The molecule has 0 aromatic carbocycles. The number of esters is 1. The summed E-state index contributed by atoms with van der Waals surface area (Å²) in [4.78, 5) is 15.2. The minimum absolute atomic E-state index is 0.0161. The molecule has 0 radical (unpaired) electrons. The van der Waals surface area contributed by atoms with E-state index in [-0.39, 0.29) is 11.4 Å². The van der Waals surface area contributed by atoms with E-state index >= 15 is 0 Å². The largest absolute Gasteiger partial charge is 0.460 e. The molecule has 0 atom stereocenters. The maximum Gasteiger partial charge on any atom is 0.379 e. The van der Waals surface area contributed by atoms with Crippen LogP contribution in [0.4, 0.5) is 0 Å². The minimum atomic E-state index is -0.550. The Balaban J connectivity index is 2.43. The van der Waals surface area contributed by atoms with Gasteiger partial charge in [0.05, 0.1) is 6.61 Å². The van der Waals surface area contributed by atoms with Crippen molar-refractivity contribution in [3.63, 3.8) is 0 Å². The third-order valence-corrected chi connectivity index (χ3v) is 1.92. The fourth-order valence-electron chi connectivity index (χ4n) is 1.18. The second kappa shape index (κ2) is 5.77. The van der Waals surface area contributed by atoms with Crippen molar-refractivity contribution in [2.75, 3.05) is 13.2 Å². The molecule has 6 nitrogen and oxygen atoms in total. The summed E-state index contributed by atoms with van der Waals surface area (Å²) < 4.78 is 9.71. The number of nitrogens with one attached hydrogen (secondary N) is 1. The first-order chi connectivity index (χ1) is 7.92. The highest BCUT2D eigenvalue weighted by Crippen LogP contribution is 2.02. The first-order valence-electron chi connectivity index (χ1n) is 5.67. The van der Waals surface area contributed by atoms with E-state index in [2.05, 4.69) is 36.2 Å². The maximum absolute atomic E-state index is 11.3. The van der Waals surface area contributed by atoms with Crippen LogP contribution in [0.15, 0.2) is 4.52 Å². The van der Waals surface area contributed by atoms with Gasteiger partial charge >= 0.3 is 5.97 Å². The second-order valence-corrected chi connectivity index (χ2v) is 4.66. The van der Waals surface area contributed by atoms with Crippen molar-refractivity contribution in [1.82, 2.24) is 15.5 Å². The van der Waals surface area contributed by atoms with Crippen LogP contribution >= 0.6 is 0 Å². The molecule has 0 aliphatic carbocycles. The van der Waals surface area contributed by atoms with Crippen LogP contribution in [0.5, 0.6) is 0 Å². The van der Waals surface area contributed by atoms with Gasteiger partial charge in [-0.1, -0.05) is 0 Å².